The van der Waals surface area contributed by atoms with Crippen molar-refractivity contribution < 1.29 is 19.5 Å². The molecule has 1 aromatic rings. The molecule has 6 nitrogen and oxygen atoms in total. The van der Waals surface area contributed by atoms with Crippen LogP contribution in [-0.4, -0.2) is 29.2 Å². The second-order valence-electron chi connectivity index (χ2n) is 6.32. The van der Waals surface area contributed by atoms with Crippen LogP contribution in [0.2, 0.25) is 0 Å². The monoisotopic (exact) mass is 336 g/mol. The molecule has 0 saturated heterocycles. The van der Waals surface area contributed by atoms with E-state index in [9.17, 15) is 9.59 Å². The van der Waals surface area contributed by atoms with Crippen molar-refractivity contribution in [2.45, 2.75) is 52.8 Å². The molecule has 1 amide bonds. The first kappa shape index (κ1) is 20.1. The Hall–Kier alpha value is -1.92. The summed E-state index contributed by atoms with van der Waals surface area (Å²) in [7, 11) is 0. The van der Waals surface area contributed by atoms with Crippen molar-refractivity contribution in [1.82, 2.24) is 10.8 Å². The maximum absolute atomic E-state index is 12.4. The van der Waals surface area contributed by atoms with Crippen molar-refractivity contribution in [3.05, 3.63) is 35.9 Å². The van der Waals surface area contributed by atoms with E-state index < -0.39 is 24.0 Å². The van der Waals surface area contributed by atoms with E-state index in [-0.39, 0.29) is 18.4 Å². The second-order valence-corrected chi connectivity index (χ2v) is 6.32. The molecule has 6 heteroatoms. The van der Waals surface area contributed by atoms with Crippen molar-refractivity contribution >= 4 is 11.9 Å². The third-order valence-corrected chi connectivity index (χ3v) is 4.08. The first-order chi connectivity index (χ1) is 11.4. The summed E-state index contributed by atoms with van der Waals surface area (Å²) in [6, 6.07) is 7.85. The summed E-state index contributed by atoms with van der Waals surface area (Å²) >= 11 is 0. The third-order valence-electron chi connectivity index (χ3n) is 4.08. The highest BCUT2D eigenvalue weighted by atomic mass is 16.5. The van der Waals surface area contributed by atoms with Gasteiger partial charge in [-0.2, -0.15) is 5.48 Å². The fourth-order valence-electron chi connectivity index (χ4n) is 2.24. The van der Waals surface area contributed by atoms with Gasteiger partial charge in [0.25, 0.3) is 0 Å². The number of hydrogen-bond acceptors (Lipinski definition) is 5. The number of nitrogens with one attached hydrogen (secondary N) is 2. The minimum atomic E-state index is -0.779. The van der Waals surface area contributed by atoms with Crippen LogP contribution in [0.5, 0.6) is 0 Å². The van der Waals surface area contributed by atoms with E-state index in [2.05, 4.69) is 5.32 Å². The van der Waals surface area contributed by atoms with E-state index in [1.165, 1.54) is 0 Å². The highest BCUT2D eigenvalue weighted by molar-refractivity contribution is 5.87. The van der Waals surface area contributed by atoms with Crippen LogP contribution in [0, 0.1) is 11.8 Å². The zero-order valence-electron chi connectivity index (χ0n) is 14.8. The average Bonchev–Trinajstić information content (AvgIpc) is 2.58. The van der Waals surface area contributed by atoms with Crippen LogP contribution in [0.15, 0.2) is 30.3 Å². The Labute approximate surface area is 143 Å². The summed E-state index contributed by atoms with van der Waals surface area (Å²) in [4.78, 5) is 24.7. The van der Waals surface area contributed by atoms with Crippen LogP contribution < -0.4 is 10.8 Å². The number of carbonyl (C=O) groups is 2. The van der Waals surface area contributed by atoms with Crippen LogP contribution in [0.3, 0.4) is 0 Å². The van der Waals surface area contributed by atoms with Gasteiger partial charge in [0, 0.05) is 0 Å². The number of amides is 1. The molecule has 3 atom stereocenters. The maximum atomic E-state index is 12.4. The highest BCUT2D eigenvalue weighted by Gasteiger charge is 2.31. The number of benzene rings is 1. The Morgan fingerprint density at radius 3 is 2.25 bits per heavy atom. The van der Waals surface area contributed by atoms with Crippen molar-refractivity contribution in [3.63, 3.8) is 0 Å². The molecule has 0 aliphatic rings. The van der Waals surface area contributed by atoms with Crippen LogP contribution in [0.25, 0.3) is 0 Å². The Morgan fingerprint density at radius 1 is 1.12 bits per heavy atom. The van der Waals surface area contributed by atoms with Crippen LogP contribution in [0.1, 0.15) is 39.7 Å². The lowest BCUT2D eigenvalue weighted by atomic mass is 9.97. The summed E-state index contributed by atoms with van der Waals surface area (Å²) < 4.78 is 5.35. The van der Waals surface area contributed by atoms with Crippen LogP contribution in [0.4, 0.5) is 0 Å². The van der Waals surface area contributed by atoms with Gasteiger partial charge in [-0.3, -0.25) is 4.79 Å². The Morgan fingerprint density at radius 2 is 1.75 bits per heavy atom. The Balaban J connectivity index is 2.73. The van der Waals surface area contributed by atoms with Gasteiger partial charge in [0.2, 0.25) is 5.91 Å². The van der Waals surface area contributed by atoms with Gasteiger partial charge in [-0.25, -0.2) is 4.79 Å². The molecule has 3 N–H and O–H groups in total. The highest BCUT2D eigenvalue weighted by Crippen LogP contribution is 2.12. The lowest BCUT2D eigenvalue weighted by Gasteiger charge is -2.26. The van der Waals surface area contributed by atoms with Gasteiger partial charge in [0.15, 0.2) is 0 Å². The summed E-state index contributed by atoms with van der Waals surface area (Å²) in [5.74, 6) is -1.09. The summed E-state index contributed by atoms with van der Waals surface area (Å²) in [5, 5.41) is 11.8. The van der Waals surface area contributed by atoms with E-state index in [0.29, 0.717) is 6.42 Å². The summed E-state index contributed by atoms with van der Waals surface area (Å²) in [6.45, 7) is 7.59. The molecular formula is C18H28N2O4. The molecule has 0 bridgehead atoms. The predicted octanol–water partition coefficient (Wildman–Crippen LogP) is 2.26. The van der Waals surface area contributed by atoms with E-state index in [0.717, 1.165) is 5.56 Å². The fourth-order valence-corrected chi connectivity index (χ4v) is 2.24. The third kappa shape index (κ3) is 5.94. The second kappa shape index (κ2) is 10.1. The summed E-state index contributed by atoms with van der Waals surface area (Å²) in [5.41, 5.74) is 2.88. The van der Waals surface area contributed by atoms with Crippen molar-refractivity contribution in [2.75, 3.05) is 0 Å². The minimum absolute atomic E-state index is 0.0799. The van der Waals surface area contributed by atoms with Gasteiger partial charge in [-0.1, -0.05) is 64.4 Å². The van der Waals surface area contributed by atoms with Crippen molar-refractivity contribution in [2.24, 2.45) is 11.8 Å². The van der Waals surface area contributed by atoms with E-state index in [1.54, 1.807) is 13.8 Å². The zero-order chi connectivity index (χ0) is 18.1. The quantitative estimate of drug-likeness (QED) is 0.476. The van der Waals surface area contributed by atoms with Crippen LogP contribution >= 0.6 is 0 Å². The SMILES string of the molecule is CC[C@H](C)[C@H](NC(=O)[C@H](NO)C(C)C)C(=O)OCc1ccccc1. The van der Waals surface area contributed by atoms with Crippen LogP contribution in [-0.2, 0) is 20.9 Å². The molecular weight excluding hydrogens is 308 g/mol. The number of rotatable bonds is 9. The van der Waals surface area contributed by atoms with Gasteiger partial charge >= 0.3 is 5.97 Å². The number of hydrogen-bond donors (Lipinski definition) is 3. The standard InChI is InChI=1S/C18H28N2O4/c1-5-13(4)16(19-17(21)15(20-23)12(2)3)18(22)24-11-14-9-7-6-8-10-14/h6-10,12-13,15-16,20,23H,5,11H2,1-4H3,(H,19,21)/t13-,15+,16-/m0/s1. The largest absolute Gasteiger partial charge is 0.459 e. The first-order valence-corrected chi connectivity index (χ1v) is 8.31. The maximum Gasteiger partial charge on any atom is 0.329 e. The molecule has 0 aliphatic carbocycles. The Bertz CT molecular complexity index is 519. The lowest BCUT2D eigenvalue weighted by Crippen LogP contribution is -2.53. The van der Waals surface area contributed by atoms with E-state index in [4.69, 9.17) is 9.94 Å². The smallest absolute Gasteiger partial charge is 0.329 e. The van der Waals surface area contributed by atoms with Gasteiger partial charge < -0.3 is 15.3 Å². The number of hydroxylamine groups is 1. The number of ether oxygens (including phenoxy) is 1. The molecule has 0 saturated carbocycles. The van der Waals surface area contributed by atoms with Gasteiger partial charge in [-0.15, -0.1) is 0 Å². The molecule has 1 rings (SSSR count). The topological polar surface area (TPSA) is 87.7 Å². The van der Waals surface area contributed by atoms with Gasteiger partial charge in [-0.05, 0) is 17.4 Å². The van der Waals surface area contributed by atoms with Gasteiger partial charge in [0.05, 0.1) is 0 Å². The first-order valence-electron chi connectivity index (χ1n) is 8.31. The molecule has 24 heavy (non-hydrogen) atoms. The van der Waals surface area contributed by atoms with Crippen molar-refractivity contribution in [1.29, 1.82) is 0 Å². The van der Waals surface area contributed by atoms with Crippen molar-refractivity contribution in [3.8, 4) is 0 Å². The average molecular weight is 336 g/mol. The molecule has 1 aromatic carbocycles. The van der Waals surface area contributed by atoms with E-state index in [1.807, 2.05) is 49.7 Å². The molecule has 0 unspecified atom stereocenters. The lowest BCUT2D eigenvalue weighted by molar-refractivity contribution is -0.151. The molecule has 0 heterocycles. The van der Waals surface area contributed by atoms with Gasteiger partial charge in [0.1, 0.15) is 18.7 Å². The number of esters is 1. The number of carbonyl (C=O) groups excluding carboxylic acids is 2. The minimum Gasteiger partial charge on any atom is -0.459 e. The fraction of sp³-hybridized carbons (Fsp3) is 0.556. The Kier molecular flexibility index (Phi) is 8.43. The molecule has 0 fully saturated rings. The molecule has 134 valence electrons. The zero-order valence-corrected chi connectivity index (χ0v) is 14.8. The predicted molar refractivity (Wildman–Crippen MR) is 91.2 cm³/mol. The summed E-state index contributed by atoms with van der Waals surface area (Å²) in [6.07, 6.45) is 0.713. The van der Waals surface area contributed by atoms with E-state index >= 15 is 0 Å². The molecule has 0 radical (unpaired) electrons. The normalized spacial score (nSPS) is 14.8. The molecule has 0 spiro atoms. The molecule has 0 aliphatic heterocycles. The molecule has 0 aromatic heterocycles.